The third-order valence-electron chi connectivity index (χ3n) is 6.91. The Balaban J connectivity index is 1.47. The molecule has 6 rings (SSSR count). The summed E-state index contributed by atoms with van der Waals surface area (Å²) in [7, 11) is -4.05. The number of nitriles is 1. The van der Waals surface area contributed by atoms with Gasteiger partial charge in [-0.05, 0) is 31.2 Å². The fraction of sp³-hybridized carbons (Fsp3) is 0.524. The zero-order valence-electron chi connectivity index (χ0n) is 18.4. The number of hydrogen-bond acceptors (Lipinski definition) is 9. The number of nitrogens with zero attached hydrogens (tertiary/aromatic N) is 6. The molecule has 184 valence electrons. The van der Waals surface area contributed by atoms with Crippen LogP contribution in [0.5, 0.6) is 0 Å². The molecule has 2 aliphatic heterocycles. The van der Waals surface area contributed by atoms with Gasteiger partial charge in [-0.25, -0.2) is 22.2 Å². The van der Waals surface area contributed by atoms with Crippen LogP contribution in [0.2, 0.25) is 0 Å². The molecule has 0 spiro atoms. The number of pyridine rings is 1. The number of halogens is 2. The predicted molar refractivity (Wildman–Crippen MR) is 122 cm³/mol. The molecule has 1 saturated carbocycles. The summed E-state index contributed by atoms with van der Waals surface area (Å²) in [6.07, 6.45) is 1.93. The van der Waals surface area contributed by atoms with Crippen LogP contribution in [0.25, 0.3) is 16.3 Å². The Morgan fingerprint density at radius 2 is 2.09 bits per heavy atom. The van der Waals surface area contributed by atoms with E-state index in [0.29, 0.717) is 61.4 Å². The lowest BCUT2D eigenvalue weighted by molar-refractivity contribution is 0.150. The maximum absolute atomic E-state index is 13.3. The highest BCUT2D eigenvalue weighted by atomic mass is 32.2. The topological polar surface area (TPSA) is 126 Å². The van der Waals surface area contributed by atoms with Gasteiger partial charge in [-0.1, -0.05) is 11.3 Å². The number of anilines is 1. The Kier molecular flexibility index (Phi) is 5.29. The number of nitrogens with one attached hydrogen (secondary N) is 1. The molecule has 2 saturated heterocycles. The predicted octanol–water partition coefficient (Wildman–Crippen LogP) is 2.60. The van der Waals surface area contributed by atoms with E-state index in [-0.39, 0.29) is 9.90 Å². The number of alkyl halides is 2. The normalized spacial score (nSPS) is 23.5. The van der Waals surface area contributed by atoms with Gasteiger partial charge in [0.25, 0.3) is 6.43 Å². The van der Waals surface area contributed by atoms with Gasteiger partial charge in [0.2, 0.25) is 10.0 Å². The highest BCUT2D eigenvalue weighted by Crippen LogP contribution is 2.39. The Morgan fingerprint density at radius 3 is 2.80 bits per heavy atom. The summed E-state index contributed by atoms with van der Waals surface area (Å²) in [5, 5.41) is 16.6. The van der Waals surface area contributed by atoms with Crippen molar-refractivity contribution in [3.63, 3.8) is 0 Å². The van der Waals surface area contributed by atoms with Crippen LogP contribution in [0.15, 0.2) is 23.4 Å². The first-order chi connectivity index (χ1) is 16.8. The maximum Gasteiger partial charge on any atom is 0.291 e. The second kappa shape index (κ2) is 8.16. The average Bonchev–Trinajstić information content (AvgIpc) is 3.24. The second-order valence-corrected chi connectivity index (χ2v) is 11.9. The molecule has 0 unspecified atom stereocenters. The maximum atomic E-state index is 13.3. The van der Waals surface area contributed by atoms with E-state index in [1.54, 1.807) is 10.5 Å². The Morgan fingerprint density at radius 1 is 1.29 bits per heavy atom. The molecule has 3 aliphatic rings. The van der Waals surface area contributed by atoms with Gasteiger partial charge in [0.1, 0.15) is 16.1 Å². The molecule has 35 heavy (non-hydrogen) atoms. The van der Waals surface area contributed by atoms with Gasteiger partial charge in [0, 0.05) is 31.8 Å². The van der Waals surface area contributed by atoms with Gasteiger partial charge in [-0.2, -0.15) is 9.98 Å². The minimum Gasteiger partial charge on any atom is -0.381 e. The third kappa shape index (κ3) is 3.96. The number of piperidine rings is 1. The first-order valence-corrected chi connectivity index (χ1v) is 13.5. The van der Waals surface area contributed by atoms with Crippen molar-refractivity contribution in [2.75, 3.05) is 31.2 Å². The molecule has 14 heteroatoms. The van der Waals surface area contributed by atoms with E-state index in [0.717, 1.165) is 24.4 Å². The van der Waals surface area contributed by atoms with Gasteiger partial charge in [-0.3, -0.25) is 4.40 Å². The zero-order valence-corrected chi connectivity index (χ0v) is 20.0. The summed E-state index contributed by atoms with van der Waals surface area (Å²) in [6, 6.07) is 3.61. The number of sulfonamides is 1. The molecule has 2 atom stereocenters. The average molecular weight is 522 g/mol. The first kappa shape index (κ1) is 22.7. The van der Waals surface area contributed by atoms with Crippen LogP contribution >= 0.6 is 11.3 Å². The minimum atomic E-state index is -4.05. The van der Waals surface area contributed by atoms with Crippen molar-refractivity contribution in [1.29, 1.82) is 5.26 Å². The number of aromatic nitrogens is 4. The third-order valence-corrected chi connectivity index (χ3v) is 9.36. The second-order valence-electron chi connectivity index (χ2n) is 9.24. The van der Waals surface area contributed by atoms with Gasteiger partial charge in [0.05, 0.1) is 24.6 Å². The van der Waals surface area contributed by atoms with Crippen LogP contribution in [-0.2, 0) is 14.8 Å². The van der Waals surface area contributed by atoms with Crippen molar-refractivity contribution in [3.8, 4) is 16.8 Å². The number of rotatable bonds is 6. The Hall–Kier alpha value is -2.73. The molecule has 0 radical (unpaired) electrons. The van der Waals surface area contributed by atoms with Crippen LogP contribution in [0.3, 0.4) is 0 Å². The Labute approximate surface area is 203 Å². The van der Waals surface area contributed by atoms with E-state index in [9.17, 15) is 22.5 Å². The number of fused-ring (bicyclic) bond motifs is 2. The molecular weight excluding hydrogens is 500 g/mol. The summed E-state index contributed by atoms with van der Waals surface area (Å²) < 4.78 is 62.6. The Bertz CT molecular complexity index is 1440. The summed E-state index contributed by atoms with van der Waals surface area (Å²) in [4.78, 5) is 6.57. The number of hydrogen-bond donors (Lipinski definition) is 1. The van der Waals surface area contributed by atoms with Gasteiger partial charge < -0.3 is 9.64 Å². The van der Waals surface area contributed by atoms with Crippen molar-refractivity contribution in [2.24, 2.45) is 11.8 Å². The van der Waals surface area contributed by atoms with Crippen molar-refractivity contribution in [3.05, 3.63) is 23.5 Å². The molecule has 0 bridgehead atoms. The van der Waals surface area contributed by atoms with Crippen LogP contribution in [0.1, 0.15) is 30.7 Å². The van der Waals surface area contributed by atoms with E-state index in [2.05, 4.69) is 24.8 Å². The van der Waals surface area contributed by atoms with Crippen molar-refractivity contribution in [2.45, 2.75) is 36.1 Å². The fourth-order valence-corrected chi connectivity index (χ4v) is 6.86. The molecule has 3 aromatic heterocycles. The fourth-order valence-electron chi connectivity index (χ4n) is 4.77. The smallest absolute Gasteiger partial charge is 0.291 e. The van der Waals surface area contributed by atoms with Crippen LogP contribution in [0.4, 0.5) is 14.5 Å². The number of ether oxygens (including phenoxy) is 1. The van der Waals surface area contributed by atoms with Gasteiger partial charge in [-0.15, -0.1) is 10.2 Å². The molecule has 1 N–H and O–H groups in total. The summed E-state index contributed by atoms with van der Waals surface area (Å²) in [6.45, 7) is 2.79. The molecule has 1 aliphatic carbocycles. The summed E-state index contributed by atoms with van der Waals surface area (Å²) in [5.41, 5.74) is 0.385. The molecule has 5 heterocycles. The quantitative estimate of drug-likeness (QED) is 0.525. The molecule has 3 aromatic rings. The van der Waals surface area contributed by atoms with E-state index < -0.39 is 27.0 Å². The molecular formula is C21H21F2N7O3S2. The van der Waals surface area contributed by atoms with E-state index in [1.165, 1.54) is 12.4 Å². The molecule has 0 amide bonds. The summed E-state index contributed by atoms with van der Waals surface area (Å²) in [5.74, 6) is 0.812. The lowest BCUT2D eigenvalue weighted by atomic mass is 9.88. The van der Waals surface area contributed by atoms with E-state index in [1.807, 2.05) is 6.07 Å². The monoisotopic (exact) mass is 521 g/mol. The molecule has 3 fully saturated rings. The summed E-state index contributed by atoms with van der Waals surface area (Å²) >= 11 is 0.733. The highest BCUT2D eigenvalue weighted by molar-refractivity contribution is 7.89. The van der Waals surface area contributed by atoms with Crippen molar-refractivity contribution in [1.82, 2.24) is 24.3 Å². The first-order valence-electron chi connectivity index (χ1n) is 11.2. The standard InChI is InChI=1S/C21H21F2N7O3S2/c22-17(23)20-27-26-19(34-20)16-6-25-18-15(29-4-1-12-9-33-10-13(12)7-29)5-14(8-30(16)18)35(31,32)28-21(11-24)2-3-21/h5-6,8,12-13,17,28H,1-4,7,9-10H2/t12-,13+/m0/s1. The minimum absolute atomic E-state index is 0.0378. The lowest BCUT2D eigenvalue weighted by Gasteiger charge is -2.35. The van der Waals surface area contributed by atoms with Gasteiger partial charge in [0.15, 0.2) is 15.7 Å². The van der Waals surface area contributed by atoms with Gasteiger partial charge >= 0.3 is 0 Å². The van der Waals surface area contributed by atoms with Crippen molar-refractivity contribution >= 4 is 32.7 Å². The van der Waals surface area contributed by atoms with Crippen LogP contribution < -0.4 is 9.62 Å². The van der Waals surface area contributed by atoms with Crippen LogP contribution in [-0.4, -0.2) is 59.8 Å². The highest BCUT2D eigenvalue weighted by Gasteiger charge is 2.47. The lowest BCUT2D eigenvalue weighted by Crippen LogP contribution is -2.40. The van der Waals surface area contributed by atoms with Crippen LogP contribution in [0, 0.1) is 23.2 Å². The SMILES string of the molecule is N#CC1(NS(=O)(=O)c2cc(N3CC[C@H]4COC[C@H]4C3)c3ncc(-c4nnc(C(F)F)s4)n3c2)CC1. The zero-order chi connectivity index (χ0) is 24.4. The molecule has 0 aromatic carbocycles. The number of imidazole rings is 1. The van der Waals surface area contributed by atoms with Crippen molar-refractivity contribution < 1.29 is 21.9 Å². The van der Waals surface area contributed by atoms with E-state index in [4.69, 9.17) is 4.74 Å². The molecule has 10 nitrogen and oxygen atoms in total. The largest absolute Gasteiger partial charge is 0.381 e. The van der Waals surface area contributed by atoms with E-state index >= 15 is 0 Å².